The van der Waals surface area contributed by atoms with Gasteiger partial charge in [0.25, 0.3) is 0 Å². The summed E-state index contributed by atoms with van der Waals surface area (Å²) in [6, 6.07) is 18.3. The highest BCUT2D eigenvalue weighted by molar-refractivity contribution is 5.56. The van der Waals surface area contributed by atoms with Crippen LogP contribution in [0.4, 0.5) is 5.69 Å². The first-order valence-electron chi connectivity index (χ1n) is 9.01. The molecular weight excluding hydrogens is 266 g/mol. The molecule has 2 atom stereocenters. The van der Waals surface area contributed by atoms with E-state index >= 15 is 0 Å². The molecule has 0 radical (unpaired) electrons. The monoisotopic (exact) mass is 295 g/mol. The molecule has 0 spiro atoms. The van der Waals surface area contributed by atoms with Gasteiger partial charge in [0.2, 0.25) is 0 Å². The van der Waals surface area contributed by atoms with Crippen LogP contribution in [0.2, 0.25) is 0 Å². The predicted octanol–water partition coefficient (Wildman–Crippen LogP) is 5.85. The van der Waals surface area contributed by atoms with Gasteiger partial charge in [-0.25, -0.2) is 0 Å². The standard InChI is InChI=1S/C21H29N/c1-22-19-14-10-6-4-5-9-13-18(17-19)20-15-11-7-2-3-8-12-16-21(20)22/h2-3,7-8,11-12,15-16,18-19H,4-6,9-10,13-14,17H2,1H3. The first-order valence-corrected chi connectivity index (χ1v) is 9.01. The summed E-state index contributed by atoms with van der Waals surface area (Å²) in [6.45, 7) is 0. The van der Waals surface area contributed by atoms with Crippen molar-refractivity contribution in [2.24, 2.45) is 0 Å². The van der Waals surface area contributed by atoms with Crippen LogP contribution in [0.3, 0.4) is 0 Å². The molecule has 1 aliphatic heterocycles. The molecule has 0 aromatic heterocycles. The average molecular weight is 295 g/mol. The predicted molar refractivity (Wildman–Crippen MR) is 95.9 cm³/mol. The van der Waals surface area contributed by atoms with E-state index in [1.54, 1.807) is 5.56 Å². The Labute approximate surface area is 135 Å². The SMILES string of the molecule is CN1c2ccccccccc2C2CCCCCCCC1C2. The number of hydrogen-bond acceptors (Lipinski definition) is 1. The van der Waals surface area contributed by atoms with Crippen molar-refractivity contribution >= 4 is 5.69 Å². The lowest BCUT2D eigenvalue weighted by Gasteiger charge is -2.40. The third kappa shape index (κ3) is 3.63. The number of anilines is 1. The molecule has 0 N–H and O–H groups in total. The minimum Gasteiger partial charge on any atom is -0.371 e. The Bertz CT molecular complexity index is 510. The van der Waals surface area contributed by atoms with Gasteiger partial charge in [-0.15, -0.1) is 0 Å². The summed E-state index contributed by atoms with van der Waals surface area (Å²) >= 11 is 0. The van der Waals surface area contributed by atoms with Crippen molar-refractivity contribution in [3.8, 4) is 0 Å². The zero-order valence-electron chi connectivity index (χ0n) is 13.9. The summed E-state index contributed by atoms with van der Waals surface area (Å²) in [4.78, 5) is 2.55. The van der Waals surface area contributed by atoms with Crippen LogP contribution in [0, 0.1) is 0 Å². The van der Waals surface area contributed by atoms with Crippen molar-refractivity contribution in [3.05, 3.63) is 54.1 Å². The molecule has 1 aromatic carbocycles. The second kappa shape index (κ2) is 7.67. The van der Waals surface area contributed by atoms with E-state index in [1.807, 2.05) is 0 Å². The van der Waals surface area contributed by atoms with Crippen molar-refractivity contribution in [3.63, 3.8) is 0 Å². The molecule has 118 valence electrons. The fourth-order valence-electron chi connectivity index (χ4n) is 4.11. The van der Waals surface area contributed by atoms with E-state index in [0.29, 0.717) is 0 Å². The molecule has 2 aliphatic rings. The molecule has 1 saturated carbocycles. The fraction of sp³-hybridized carbons (Fsp3) is 0.524. The third-order valence-corrected chi connectivity index (χ3v) is 5.40. The van der Waals surface area contributed by atoms with E-state index in [1.165, 1.54) is 57.1 Å². The highest BCUT2D eigenvalue weighted by atomic mass is 15.1. The van der Waals surface area contributed by atoms with Crippen molar-refractivity contribution in [1.29, 1.82) is 0 Å². The first-order chi connectivity index (χ1) is 10.9. The molecule has 0 amide bonds. The number of rotatable bonds is 0. The number of nitrogens with zero attached hydrogens (tertiary/aromatic N) is 1. The minimum atomic E-state index is 0.724. The van der Waals surface area contributed by atoms with E-state index in [0.717, 1.165) is 12.0 Å². The maximum absolute atomic E-state index is 2.55. The molecule has 2 bridgehead atoms. The van der Waals surface area contributed by atoms with E-state index in [4.69, 9.17) is 0 Å². The van der Waals surface area contributed by atoms with Gasteiger partial charge >= 0.3 is 0 Å². The fourth-order valence-corrected chi connectivity index (χ4v) is 4.11. The summed E-state index contributed by atoms with van der Waals surface area (Å²) in [5.41, 5.74) is 2.99. The van der Waals surface area contributed by atoms with Gasteiger partial charge in [0.05, 0.1) is 0 Å². The van der Waals surface area contributed by atoms with E-state index in [2.05, 4.69) is 60.5 Å². The lowest BCUT2D eigenvalue weighted by Crippen LogP contribution is -2.37. The Morgan fingerprint density at radius 2 is 1.41 bits per heavy atom. The van der Waals surface area contributed by atoms with Crippen LogP contribution in [-0.2, 0) is 0 Å². The van der Waals surface area contributed by atoms with Crippen LogP contribution in [-0.4, -0.2) is 13.1 Å². The van der Waals surface area contributed by atoms with Crippen LogP contribution >= 0.6 is 0 Å². The maximum Gasteiger partial charge on any atom is 0.0401 e. The Hall–Kier alpha value is -1.50. The summed E-state index contributed by atoms with van der Waals surface area (Å²) in [5, 5.41) is 0. The van der Waals surface area contributed by atoms with Gasteiger partial charge in [-0.3, -0.25) is 0 Å². The minimum absolute atomic E-state index is 0.724. The van der Waals surface area contributed by atoms with E-state index < -0.39 is 0 Å². The van der Waals surface area contributed by atoms with E-state index in [9.17, 15) is 0 Å². The molecule has 1 nitrogen and oxygen atoms in total. The van der Waals surface area contributed by atoms with Crippen LogP contribution in [0.15, 0.2) is 48.5 Å². The van der Waals surface area contributed by atoms with Gasteiger partial charge in [-0.05, 0) is 36.8 Å². The Morgan fingerprint density at radius 1 is 0.773 bits per heavy atom. The average Bonchev–Trinajstić information content (AvgIpc) is 2.55. The Morgan fingerprint density at radius 3 is 2.23 bits per heavy atom. The topological polar surface area (TPSA) is 3.24 Å². The lowest BCUT2D eigenvalue weighted by molar-refractivity contribution is 0.398. The lowest BCUT2D eigenvalue weighted by atomic mass is 9.80. The molecule has 1 aliphatic carbocycles. The Kier molecular flexibility index (Phi) is 5.37. The molecule has 22 heavy (non-hydrogen) atoms. The van der Waals surface area contributed by atoms with E-state index in [-0.39, 0.29) is 0 Å². The molecular formula is C21H29N. The molecule has 1 fully saturated rings. The molecule has 1 heteroatoms. The van der Waals surface area contributed by atoms with Gasteiger partial charge < -0.3 is 4.90 Å². The summed E-state index contributed by atoms with van der Waals surface area (Å²) in [7, 11) is 2.30. The third-order valence-electron chi connectivity index (χ3n) is 5.40. The zero-order chi connectivity index (χ0) is 15.2. The summed E-state index contributed by atoms with van der Waals surface area (Å²) in [5.74, 6) is 0.743. The molecule has 3 rings (SSSR count). The molecule has 0 saturated heterocycles. The molecule has 1 heterocycles. The second-order valence-corrected chi connectivity index (χ2v) is 6.87. The van der Waals surface area contributed by atoms with Gasteiger partial charge in [0.1, 0.15) is 0 Å². The zero-order valence-corrected chi connectivity index (χ0v) is 13.9. The quantitative estimate of drug-likeness (QED) is 0.580. The van der Waals surface area contributed by atoms with Crippen molar-refractivity contribution in [2.45, 2.75) is 63.3 Å². The van der Waals surface area contributed by atoms with Crippen molar-refractivity contribution < 1.29 is 0 Å². The highest BCUT2D eigenvalue weighted by Gasteiger charge is 2.29. The van der Waals surface area contributed by atoms with Crippen molar-refractivity contribution in [1.82, 2.24) is 0 Å². The largest absolute Gasteiger partial charge is 0.371 e. The highest BCUT2D eigenvalue weighted by Crippen LogP contribution is 2.41. The molecule has 2 unspecified atom stereocenters. The normalized spacial score (nSPS) is 24.9. The van der Waals surface area contributed by atoms with Crippen LogP contribution in [0.1, 0.15) is 62.8 Å². The van der Waals surface area contributed by atoms with Gasteiger partial charge in [0.15, 0.2) is 0 Å². The Balaban J connectivity index is 2.03. The number of fused-ring (bicyclic) bond motifs is 4. The molecule has 1 aromatic rings. The first kappa shape index (κ1) is 15.4. The van der Waals surface area contributed by atoms with Crippen LogP contribution in [0.25, 0.3) is 0 Å². The van der Waals surface area contributed by atoms with Gasteiger partial charge in [-0.1, -0.05) is 74.6 Å². The van der Waals surface area contributed by atoms with Gasteiger partial charge in [-0.2, -0.15) is 0 Å². The summed E-state index contributed by atoms with van der Waals surface area (Å²) in [6.07, 6.45) is 11.1. The second-order valence-electron chi connectivity index (χ2n) is 6.87. The summed E-state index contributed by atoms with van der Waals surface area (Å²) < 4.78 is 0. The number of hydrogen-bond donors (Lipinski definition) is 0. The maximum atomic E-state index is 2.55. The smallest absolute Gasteiger partial charge is 0.0401 e. The van der Waals surface area contributed by atoms with Gasteiger partial charge in [0, 0.05) is 18.8 Å². The van der Waals surface area contributed by atoms with Crippen molar-refractivity contribution in [2.75, 3.05) is 11.9 Å². The van der Waals surface area contributed by atoms with Crippen LogP contribution in [0.5, 0.6) is 0 Å². The van der Waals surface area contributed by atoms with Crippen LogP contribution < -0.4 is 4.90 Å².